The number of rotatable bonds is 3. The van der Waals surface area contributed by atoms with Crippen LogP contribution in [0.15, 0.2) is 0 Å². The van der Waals surface area contributed by atoms with Crippen molar-refractivity contribution in [3.05, 3.63) is 0 Å². The predicted molar refractivity (Wildman–Crippen MR) is 36.4 cm³/mol. The number of aliphatic hydroxyl groups is 2. The van der Waals surface area contributed by atoms with Crippen LogP contribution in [0.3, 0.4) is 0 Å². The maximum absolute atomic E-state index is 10.5. The van der Waals surface area contributed by atoms with Crippen LogP contribution in [0.5, 0.6) is 0 Å². The van der Waals surface area contributed by atoms with Crippen molar-refractivity contribution in [2.75, 3.05) is 20.2 Å². The van der Waals surface area contributed by atoms with E-state index in [9.17, 15) is 4.79 Å². The molecule has 4 heteroatoms. The Kier molecular flexibility index (Phi) is 3.99. The Balaban J connectivity index is 3.56. The van der Waals surface area contributed by atoms with Crippen LogP contribution in [0.25, 0.3) is 0 Å². The highest BCUT2D eigenvalue weighted by Gasteiger charge is 2.07. The largest absolute Gasteiger partial charge is 0.394 e. The van der Waals surface area contributed by atoms with Crippen LogP contribution in [-0.4, -0.2) is 47.3 Å². The van der Waals surface area contributed by atoms with Crippen LogP contribution < -0.4 is 0 Å². The lowest BCUT2D eigenvalue weighted by atomic mass is 10.3. The summed E-state index contributed by atoms with van der Waals surface area (Å²) in [5.41, 5.74) is 0. The van der Waals surface area contributed by atoms with E-state index in [4.69, 9.17) is 10.2 Å². The highest BCUT2D eigenvalue weighted by atomic mass is 16.3. The lowest BCUT2D eigenvalue weighted by Crippen LogP contribution is -2.34. The zero-order valence-electron chi connectivity index (χ0n) is 6.24. The first kappa shape index (κ1) is 9.39. The van der Waals surface area contributed by atoms with Gasteiger partial charge in [0, 0.05) is 20.5 Å². The molecule has 2 N–H and O–H groups in total. The summed E-state index contributed by atoms with van der Waals surface area (Å²) in [7, 11) is 1.57. The molecule has 0 aliphatic heterocycles. The lowest BCUT2D eigenvalue weighted by molar-refractivity contribution is -0.129. The molecule has 0 saturated carbocycles. The van der Waals surface area contributed by atoms with Gasteiger partial charge in [-0.1, -0.05) is 0 Å². The highest BCUT2D eigenvalue weighted by molar-refractivity contribution is 5.72. The van der Waals surface area contributed by atoms with E-state index >= 15 is 0 Å². The minimum Gasteiger partial charge on any atom is -0.394 e. The smallest absolute Gasteiger partial charge is 0.219 e. The maximum atomic E-state index is 10.5. The third-order valence-corrected chi connectivity index (χ3v) is 1.23. The van der Waals surface area contributed by atoms with Gasteiger partial charge in [-0.2, -0.15) is 0 Å². The third-order valence-electron chi connectivity index (χ3n) is 1.23. The Morgan fingerprint density at radius 2 is 2.20 bits per heavy atom. The second-order valence-corrected chi connectivity index (χ2v) is 2.24. The minimum atomic E-state index is -0.825. The van der Waals surface area contributed by atoms with E-state index in [1.165, 1.54) is 11.8 Å². The van der Waals surface area contributed by atoms with E-state index in [-0.39, 0.29) is 19.1 Å². The Morgan fingerprint density at radius 1 is 1.70 bits per heavy atom. The number of nitrogens with zero attached hydrogens (tertiary/aromatic N) is 1. The Labute approximate surface area is 60.1 Å². The molecule has 1 unspecified atom stereocenters. The van der Waals surface area contributed by atoms with E-state index < -0.39 is 6.10 Å². The zero-order chi connectivity index (χ0) is 8.15. The van der Waals surface area contributed by atoms with Crippen LogP contribution in [0.1, 0.15) is 6.92 Å². The molecule has 1 amide bonds. The minimum absolute atomic E-state index is 0.118. The molecule has 4 nitrogen and oxygen atoms in total. The molecule has 0 aromatic carbocycles. The molecule has 0 heterocycles. The van der Waals surface area contributed by atoms with E-state index in [0.29, 0.717) is 0 Å². The molecule has 0 radical (unpaired) electrons. The molecule has 60 valence electrons. The number of amides is 1. The van der Waals surface area contributed by atoms with E-state index in [1.807, 2.05) is 0 Å². The highest BCUT2D eigenvalue weighted by Crippen LogP contribution is 1.87. The van der Waals surface area contributed by atoms with Crippen molar-refractivity contribution in [2.45, 2.75) is 13.0 Å². The van der Waals surface area contributed by atoms with Crippen LogP contribution in [-0.2, 0) is 4.79 Å². The van der Waals surface area contributed by atoms with Crippen molar-refractivity contribution in [3.63, 3.8) is 0 Å². The Hall–Kier alpha value is -0.610. The van der Waals surface area contributed by atoms with Crippen molar-refractivity contribution < 1.29 is 15.0 Å². The quantitative estimate of drug-likeness (QED) is 0.528. The first-order valence-electron chi connectivity index (χ1n) is 3.08. The second-order valence-electron chi connectivity index (χ2n) is 2.24. The molecule has 10 heavy (non-hydrogen) atoms. The van der Waals surface area contributed by atoms with Gasteiger partial charge in [-0.25, -0.2) is 0 Å². The summed E-state index contributed by atoms with van der Waals surface area (Å²) in [5.74, 6) is -0.118. The average Bonchev–Trinajstić information content (AvgIpc) is 1.87. The van der Waals surface area contributed by atoms with Gasteiger partial charge in [-0.3, -0.25) is 4.79 Å². The molecule has 0 spiro atoms. The number of carbonyl (C=O) groups excluding carboxylic acids is 1. The lowest BCUT2D eigenvalue weighted by Gasteiger charge is -2.17. The SMILES string of the molecule is CC(=O)N(C)CC(O)CO. The number of carbonyl (C=O) groups is 1. The summed E-state index contributed by atoms with van der Waals surface area (Å²) in [6, 6.07) is 0. The first-order chi connectivity index (χ1) is 4.57. The van der Waals surface area contributed by atoms with Gasteiger partial charge in [0.25, 0.3) is 0 Å². The van der Waals surface area contributed by atoms with E-state index in [2.05, 4.69) is 0 Å². The van der Waals surface area contributed by atoms with Gasteiger partial charge in [0.15, 0.2) is 0 Å². The average molecular weight is 147 g/mol. The molecule has 0 rings (SSSR count). The molecule has 0 aromatic heterocycles. The van der Waals surface area contributed by atoms with E-state index in [0.717, 1.165) is 0 Å². The molecule has 1 atom stereocenters. The normalized spacial score (nSPS) is 12.8. The van der Waals surface area contributed by atoms with Crippen molar-refractivity contribution in [1.29, 1.82) is 0 Å². The van der Waals surface area contributed by atoms with Gasteiger partial charge in [-0.15, -0.1) is 0 Å². The van der Waals surface area contributed by atoms with Crippen molar-refractivity contribution in [2.24, 2.45) is 0 Å². The Bertz CT molecular complexity index is 116. The second kappa shape index (κ2) is 4.24. The van der Waals surface area contributed by atoms with Gasteiger partial charge in [0.2, 0.25) is 5.91 Å². The first-order valence-corrected chi connectivity index (χ1v) is 3.08. The zero-order valence-corrected chi connectivity index (χ0v) is 6.24. The number of hydrogen-bond donors (Lipinski definition) is 2. The summed E-state index contributed by atoms with van der Waals surface area (Å²) in [6.07, 6.45) is -0.825. The molecule has 0 saturated heterocycles. The number of aliphatic hydroxyl groups excluding tert-OH is 2. The molecule has 0 aromatic rings. The topological polar surface area (TPSA) is 60.8 Å². The van der Waals surface area contributed by atoms with Crippen LogP contribution in [0.2, 0.25) is 0 Å². The summed E-state index contributed by atoms with van der Waals surface area (Å²) >= 11 is 0. The van der Waals surface area contributed by atoms with Gasteiger partial charge in [-0.05, 0) is 0 Å². The fourth-order valence-electron chi connectivity index (χ4n) is 0.502. The molecule has 0 aliphatic carbocycles. The van der Waals surface area contributed by atoms with Crippen LogP contribution >= 0.6 is 0 Å². The molecule has 0 aliphatic rings. The van der Waals surface area contributed by atoms with Crippen molar-refractivity contribution in [3.8, 4) is 0 Å². The van der Waals surface area contributed by atoms with Gasteiger partial charge in [0.05, 0.1) is 12.7 Å². The number of likely N-dealkylation sites (N-methyl/N-ethyl adjacent to an activating group) is 1. The summed E-state index contributed by atoms with van der Waals surface area (Å²) in [6.45, 7) is 1.29. The summed E-state index contributed by atoms with van der Waals surface area (Å²) in [5, 5.41) is 17.2. The summed E-state index contributed by atoms with van der Waals surface area (Å²) in [4.78, 5) is 11.9. The standard InChI is InChI=1S/C6H13NO3/c1-5(9)7(2)3-6(10)4-8/h6,8,10H,3-4H2,1-2H3. The molecular weight excluding hydrogens is 134 g/mol. The molecule has 0 fully saturated rings. The van der Waals surface area contributed by atoms with Gasteiger partial charge < -0.3 is 15.1 Å². The Morgan fingerprint density at radius 3 is 2.50 bits per heavy atom. The molecular formula is C6H13NO3. The maximum Gasteiger partial charge on any atom is 0.219 e. The number of hydrogen-bond acceptors (Lipinski definition) is 3. The van der Waals surface area contributed by atoms with Gasteiger partial charge >= 0.3 is 0 Å². The fourth-order valence-corrected chi connectivity index (χ4v) is 0.502. The van der Waals surface area contributed by atoms with Crippen LogP contribution in [0.4, 0.5) is 0 Å². The third kappa shape index (κ3) is 3.42. The molecule has 0 bridgehead atoms. The van der Waals surface area contributed by atoms with Crippen molar-refractivity contribution in [1.82, 2.24) is 4.90 Å². The fraction of sp³-hybridized carbons (Fsp3) is 0.833. The monoisotopic (exact) mass is 147 g/mol. The van der Waals surface area contributed by atoms with E-state index in [1.54, 1.807) is 7.05 Å². The summed E-state index contributed by atoms with van der Waals surface area (Å²) < 4.78 is 0. The van der Waals surface area contributed by atoms with Crippen LogP contribution in [0, 0.1) is 0 Å². The predicted octanol–water partition coefficient (Wildman–Crippen LogP) is -1.18. The van der Waals surface area contributed by atoms with Gasteiger partial charge in [0.1, 0.15) is 0 Å². The van der Waals surface area contributed by atoms with Crippen molar-refractivity contribution >= 4 is 5.91 Å².